The van der Waals surface area contributed by atoms with Gasteiger partial charge in [0.2, 0.25) is 10.0 Å². The second kappa shape index (κ2) is 5.27. The van der Waals surface area contributed by atoms with Crippen LogP contribution in [0, 0.1) is 5.92 Å². The molecule has 0 radical (unpaired) electrons. The van der Waals surface area contributed by atoms with Crippen molar-refractivity contribution in [2.75, 3.05) is 6.61 Å². The highest BCUT2D eigenvalue weighted by Crippen LogP contribution is 2.15. The number of rotatable bonds is 5. The molecule has 0 fully saturated rings. The maximum atomic E-state index is 11.8. The molecule has 2 N–H and O–H groups in total. The largest absolute Gasteiger partial charge is 0.395 e. The molecular formula is C10H23NO3S. The molecule has 0 aromatic rings. The molecule has 4 nitrogen and oxygen atoms in total. The lowest BCUT2D eigenvalue weighted by Gasteiger charge is -2.25. The first-order valence-electron chi connectivity index (χ1n) is 5.23. The van der Waals surface area contributed by atoms with E-state index in [4.69, 9.17) is 5.11 Å². The second-order valence-corrected chi connectivity index (χ2v) is 7.71. The molecule has 0 aromatic heterocycles. The predicted octanol–water partition coefficient (Wildman–Crippen LogP) is 1.11. The summed E-state index contributed by atoms with van der Waals surface area (Å²) < 4.78 is 25.3. The van der Waals surface area contributed by atoms with Crippen molar-refractivity contribution < 1.29 is 13.5 Å². The third-order valence-electron chi connectivity index (χ3n) is 2.10. The summed E-state index contributed by atoms with van der Waals surface area (Å²) in [5.74, 6) is 0.352. The van der Waals surface area contributed by atoms with Gasteiger partial charge in [0.15, 0.2) is 0 Å². The molecule has 5 heteroatoms. The topological polar surface area (TPSA) is 66.4 Å². The molecule has 0 aromatic carbocycles. The summed E-state index contributed by atoms with van der Waals surface area (Å²) in [6.07, 6.45) is 0.645. The molecule has 0 bridgehead atoms. The van der Waals surface area contributed by atoms with Crippen LogP contribution in [0.4, 0.5) is 0 Å². The van der Waals surface area contributed by atoms with Crippen molar-refractivity contribution in [3.05, 3.63) is 0 Å². The van der Waals surface area contributed by atoms with Crippen LogP contribution >= 0.6 is 0 Å². The van der Waals surface area contributed by atoms with E-state index in [-0.39, 0.29) is 12.6 Å². The summed E-state index contributed by atoms with van der Waals surface area (Å²) in [6, 6.07) is -0.380. The van der Waals surface area contributed by atoms with Crippen LogP contribution in [0.15, 0.2) is 0 Å². The Balaban J connectivity index is 4.56. The molecule has 15 heavy (non-hydrogen) atoms. The monoisotopic (exact) mass is 237 g/mol. The van der Waals surface area contributed by atoms with E-state index in [0.29, 0.717) is 12.3 Å². The maximum absolute atomic E-state index is 11.8. The van der Waals surface area contributed by atoms with Gasteiger partial charge in [-0.25, -0.2) is 13.1 Å². The molecule has 0 aliphatic carbocycles. The van der Waals surface area contributed by atoms with E-state index in [0.717, 1.165) is 0 Å². The molecule has 0 aliphatic heterocycles. The Hall–Kier alpha value is -0.130. The van der Waals surface area contributed by atoms with Gasteiger partial charge < -0.3 is 5.11 Å². The average Bonchev–Trinajstić information content (AvgIpc) is 1.99. The van der Waals surface area contributed by atoms with Crippen molar-refractivity contribution in [1.82, 2.24) is 4.72 Å². The molecule has 0 saturated heterocycles. The zero-order valence-corrected chi connectivity index (χ0v) is 11.1. The van der Waals surface area contributed by atoms with Crippen molar-refractivity contribution in [2.45, 2.75) is 51.8 Å². The van der Waals surface area contributed by atoms with Crippen LogP contribution < -0.4 is 4.72 Å². The molecule has 0 spiro atoms. The number of aliphatic hydroxyl groups excluding tert-OH is 1. The lowest BCUT2D eigenvalue weighted by atomic mass is 10.1. The molecule has 1 unspecified atom stereocenters. The number of aliphatic hydroxyl groups is 1. The number of hydrogen-bond acceptors (Lipinski definition) is 3. The fraction of sp³-hybridized carbons (Fsp3) is 1.00. The summed E-state index contributed by atoms with van der Waals surface area (Å²) in [6.45, 7) is 8.74. The van der Waals surface area contributed by atoms with Crippen LogP contribution in [0.3, 0.4) is 0 Å². The van der Waals surface area contributed by atoms with Gasteiger partial charge in [-0.2, -0.15) is 0 Å². The highest BCUT2D eigenvalue weighted by molar-refractivity contribution is 7.90. The Labute approximate surface area is 93.1 Å². The normalized spacial score (nSPS) is 15.7. The van der Waals surface area contributed by atoms with Gasteiger partial charge in [0.05, 0.1) is 11.4 Å². The van der Waals surface area contributed by atoms with Crippen LogP contribution in [0.25, 0.3) is 0 Å². The van der Waals surface area contributed by atoms with Gasteiger partial charge in [-0.15, -0.1) is 0 Å². The summed E-state index contributed by atoms with van der Waals surface area (Å²) in [5, 5.41) is 9.08. The van der Waals surface area contributed by atoms with Gasteiger partial charge >= 0.3 is 0 Å². The molecule has 0 heterocycles. The molecular weight excluding hydrogens is 214 g/mol. The van der Waals surface area contributed by atoms with Gasteiger partial charge in [0, 0.05) is 6.04 Å². The lowest BCUT2D eigenvalue weighted by molar-refractivity contribution is 0.239. The smallest absolute Gasteiger partial charge is 0.216 e. The maximum Gasteiger partial charge on any atom is 0.216 e. The fourth-order valence-corrected chi connectivity index (χ4v) is 2.09. The SMILES string of the molecule is CC(C)CC(CO)NS(=O)(=O)C(C)(C)C. The lowest BCUT2D eigenvalue weighted by Crippen LogP contribution is -2.46. The average molecular weight is 237 g/mol. The minimum Gasteiger partial charge on any atom is -0.395 e. The van der Waals surface area contributed by atoms with Crippen LogP contribution in [-0.2, 0) is 10.0 Å². The van der Waals surface area contributed by atoms with Crippen LogP contribution in [0.2, 0.25) is 0 Å². The number of nitrogens with one attached hydrogen (secondary N) is 1. The molecule has 92 valence electrons. The highest BCUT2D eigenvalue weighted by atomic mass is 32.2. The minimum atomic E-state index is -3.36. The number of hydrogen-bond donors (Lipinski definition) is 2. The first-order valence-corrected chi connectivity index (χ1v) is 6.71. The van der Waals surface area contributed by atoms with Crippen molar-refractivity contribution in [1.29, 1.82) is 0 Å². The van der Waals surface area contributed by atoms with Crippen LogP contribution in [0.1, 0.15) is 41.0 Å². The second-order valence-electron chi connectivity index (χ2n) is 5.24. The van der Waals surface area contributed by atoms with E-state index in [1.807, 2.05) is 13.8 Å². The van der Waals surface area contributed by atoms with Crippen molar-refractivity contribution in [3.8, 4) is 0 Å². The van der Waals surface area contributed by atoms with Crippen molar-refractivity contribution in [2.24, 2.45) is 5.92 Å². The Morgan fingerprint density at radius 3 is 2.00 bits per heavy atom. The van der Waals surface area contributed by atoms with Gasteiger partial charge in [-0.05, 0) is 33.1 Å². The van der Waals surface area contributed by atoms with E-state index in [9.17, 15) is 8.42 Å². The Morgan fingerprint density at radius 2 is 1.73 bits per heavy atom. The molecule has 0 rings (SSSR count). The summed E-state index contributed by atoms with van der Waals surface area (Å²) in [7, 11) is -3.36. The zero-order valence-electron chi connectivity index (χ0n) is 10.2. The van der Waals surface area contributed by atoms with Crippen LogP contribution in [-0.4, -0.2) is 30.9 Å². The highest BCUT2D eigenvalue weighted by Gasteiger charge is 2.31. The third-order valence-corrected chi connectivity index (χ3v) is 4.36. The Bertz CT molecular complexity index is 278. The van der Waals surface area contributed by atoms with Gasteiger partial charge in [-0.3, -0.25) is 0 Å². The van der Waals surface area contributed by atoms with E-state index < -0.39 is 14.8 Å². The van der Waals surface area contributed by atoms with Crippen molar-refractivity contribution in [3.63, 3.8) is 0 Å². The quantitative estimate of drug-likeness (QED) is 0.753. The Morgan fingerprint density at radius 1 is 1.27 bits per heavy atom. The predicted molar refractivity (Wildman–Crippen MR) is 62.1 cm³/mol. The van der Waals surface area contributed by atoms with E-state index >= 15 is 0 Å². The first kappa shape index (κ1) is 14.9. The van der Waals surface area contributed by atoms with E-state index in [1.165, 1.54) is 0 Å². The van der Waals surface area contributed by atoms with Crippen molar-refractivity contribution >= 4 is 10.0 Å². The fourth-order valence-electron chi connectivity index (χ4n) is 1.13. The molecule has 0 saturated carbocycles. The summed E-state index contributed by atoms with van der Waals surface area (Å²) in [5.41, 5.74) is 0. The standard InChI is InChI=1S/C10H23NO3S/c1-8(2)6-9(7-12)11-15(13,14)10(3,4)5/h8-9,11-12H,6-7H2,1-5H3. The Kier molecular flexibility index (Phi) is 5.23. The van der Waals surface area contributed by atoms with Gasteiger partial charge in [0.25, 0.3) is 0 Å². The minimum absolute atomic E-state index is 0.159. The third kappa shape index (κ3) is 4.95. The van der Waals surface area contributed by atoms with E-state index in [2.05, 4.69) is 4.72 Å². The molecule has 1 atom stereocenters. The number of sulfonamides is 1. The van der Waals surface area contributed by atoms with E-state index in [1.54, 1.807) is 20.8 Å². The van der Waals surface area contributed by atoms with Crippen LogP contribution in [0.5, 0.6) is 0 Å². The summed E-state index contributed by atoms with van der Waals surface area (Å²) in [4.78, 5) is 0. The molecule has 0 amide bonds. The van der Waals surface area contributed by atoms with Gasteiger partial charge in [0.1, 0.15) is 0 Å². The summed E-state index contributed by atoms with van der Waals surface area (Å²) >= 11 is 0. The molecule has 0 aliphatic rings. The van der Waals surface area contributed by atoms with Gasteiger partial charge in [-0.1, -0.05) is 13.8 Å². The first-order chi connectivity index (χ1) is 6.60. The zero-order chi connectivity index (χ0) is 12.3.